The summed E-state index contributed by atoms with van der Waals surface area (Å²) in [5.41, 5.74) is 2.48. The molecule has 0 aliphatic heterocycles. The highest BCUT2D eigenvalue weighted by Crippen LogP contribution is 2.23. The minimum Gasteiger partial charge on any atom is -0.298 e. The maximum Gasteiger partial charge on any atom is 0.153 e. The van der Waals surface area contributed by atoms with Crippen LogP contribution in [0.1, 0.15) is 15.9 Å². The number of rotatable bonds is 2. The van der Waals surface area contributed by atoms with Gasteiger partial charge in [-0.3, -0.25) is 9.78 Å². The zero-order chi connectivity index (χ0) is 11.5. The normalized spacial score (nSPS) is 10.1. The Labute approximate surface area is 92.8 Å². The fourth-order valence-electron chi connectivity index (χ4n) is 1.53. The molecule has 0 saturated carbocycles. The molecule has 1 heterocycles. The Kier molecular flexibility index (Phi) is 2.77. The molecule has 0 aliphatic carbocycles. The first-order valence-electron chi connectivity index (χ1n) is 4.88. The van der Waals surface area contributed by atoms with E-state index in [2.05, 4.69) is 4.98 Å². The van der Waals surface area contributed by atoms with Crippen LogP contribution in [0, 0.1) is 12.7 Å². The highest BCUT2D eigenvalue weighted by molar-refractivity contribution is 5.87. The predicted molar refractivity (Wildman–Crippen MR) is 59.8 cm³/mol. The van der Waals surface area contributed by atoms with E-state index in [4.69, 9.17) is 0 Å². The molecule has 0 N–H and O–H groups in total. The van der Waals surface area contributed by atoms with Gasteiger partial charge in [0.15, 0.2) is 12.1 Å². The summed E-state index contributed by atoms with van der Waals surface area (Å²) in [4.78, 5) is 14.6. The van der Waals surface area contributed by atoms with E-state index in [1.165, 1.54) is 6.20 Å². The molecule has 3 heteroatoms. The number of carbonyl (C=O) groups excluding carboxylic acids is 1. The summed E-state index contributed by atoms with van der Waals surface area (Å²) in [6, 6.07) is 7.52. The van der Waals surface area contributed by atoms with Gasteiger partial charge in [0.1, 0.15) is 0 Å². The van der Waals surface area contributed by atoms with Crippen LogP contribution in [0.25, 0.3) is 11.1 Å². The van der Waals surface area contributed by atoms with Gasteiger partial charge in [-0.15, -0.1) is 0 Å². The van der Waals surface area contributed by atoms with E-state index in [1.807, 2.05) is 31.2 Å². The molecule has 2 rings (SSSR count). The summed E-state index contributed by atoms with van der Waals surface area (Å²) < 4.78 is 13.3. The van der Waals surface area contributed by atoms with E-state index in [-0.39, 0.29) is 5.56 Å². The fourth-order valence-corrected chi connectivity index (χ4v) is 1.53. The van der Waals surface area contributed by atoms with Crippen LogP contribution in [-0.4, -0.2) is 11.3 Å². The Morgan fingerprint density at radius 2 is 1.88 bits per heavy atom. The van der Waals surface area contributed by atoms with Gasteiger partial charge in [-0.05, 0) is 12.5 Å². The van der Waals surface area contributed by atoms with Crippen LogP contribution in [0.5, 0.6) is 0 Å². The second-order valence-electron chi connectivity index (χ2n) is 3.57. The van der Waals surface area contributed by atoms with Gasteiger partial charge >= 0.3 is 0 Å². The van der Waals surface area contributed by atoms with E-state index >= 15 is 0 Å². The van der Waals surface area contributed by atoms with Gasteiger partial charge in [0.05, 0.1) is 11.8 Å². The lowest BCUT2D eigenvalue weighted by molar-refractivity contribution is 0.112. The highest BCUT2D eigenvalue weighted by atomic mass is 19.1. The Balaban J connectivity index is 2.59. The first-order valence-corrected chi connectivity index (χ1v) is 4.88. The summed E-state index contributed by atoms with van der Waals surface area (Å²) in [6.45, 7) is 1.97. The number of carbonyl (C=O) groups is 1. The smallest absolute Gasteiger partial charge is 0.153 e. The maximum atomic E-state index is 13.3. The van der Waals surface area contributed by atoms with Crippen molar-refractivity contribution in [2.45, 2.75) is 6.92 Å². The summed E-state index contributed by atoms with van der Waals surface area (Å²) in [5.74, 6) is -0.590. The number of halogens is 1. The van der Waals surface area contributed by atoms with Crippen LogP contribution >= 0.6 is 0 Å². The fraction of sp³-hybridized carbons (Fsp3) is 0.0769. The van der Waals surface area contributed by atoms with E-state index in [1.54, 1.807) is 0 Å². The Morgan fingerprint density at radius 3 is 2.50 bits per heavy atom. The highest BCUT2D eigenvalue weighted by Gasteiger charge is 2.09. The number of hydrogen-bond acceptors (Lipinski definition) is 2. The molecule has 16 heavy (non-hydrogen) atoms. The minimum atomic E-state index is -0.590. The van der Waals surface area contributed by atoms with Crippen LogP contribution in [0.2, 0.25) is 0 Å². The van der Waals surface area contributed by atoms with Crippen LogP contribution in [0.4, 0.5) is 4.39 Å². The Morgan fingerprint density at radius 1 is 1.19 bits per heavy atom. The van der Waals surface area contributed by atoms with Crippen LogP contribution in [0.15, 0.2) is 36.7 Å². The summed E-state index contributed by atoms with van der Waals surface area (Å²) in [7, 11) is 0. The predicted octanol–water partition coefficient (Wildman–Crippen LogP) is 3.01. The molecule has 2 nitrogen and oxygen atoms in total. The lowest BCUT2D eigenvalue weighted by atomic mass is 10.0. The maximum absolute atomic E-state index is 13.3. The molecular weight excluding hydrogens is 205 g/mol. The van der Waals surface area contributed by atoms with Crippen LogP contribution < -0.4 is 0 Å². The number of nitrogens with zero attached hydrogens (tertiary/aromatic N) is 1. The monoisotopic (exact) mass is 215 g/mol. The molecule has 80 valence electrons. The van der Waals surface area contributed by atoms with E-state index < -0.39 is 5.82 Å². The number of aromatic nitrogens is 1. The van der Waals surface area contributed by atoms with Crippen molar-refractivity contribution in [1.29, 1.82) is 0 Å². The standard InChI is InChI=1S/C13H10FNO/c1-9-2-4-10(5-3-9)11-6-15-7-13(14)12(11)8-16/h2-8H,1H3. The Hall–Kier alpha value is -2.03. The summed E-state index contributed by atoms with van der Waals surface area (Å²) >= 11 is 0. The van der Waals surface area contributed by atoms with Gasteiger partial charge in [0.2, 0.25) is 0 Å². The van der Waals surface area contributed by atoms with Gasteiger partial charge in [0.25, 0.3) is 0 Å². The first kappa shape index (κ1) is 10.5. The second kappa shape index (κ2) is 4.23. The molecule has 1 aromatic carbocycles. The van der Waals surface area contributed by atoms with Gasteiger partial charge in [-0.2, -0.15) is 0 Å². The molecule has 0 aliphatic rings. The summed E-state index contributed by atoms with van der Waals surface area (Å²) in [5, 5.41) is 0. The van der Waals surface area contributed by atoms with Crippen molar-refractivity contribution in [2.75, 3.05) is 0 Å². The molecule has 0 spiro atoms. The van der Waals surface area contributed by atoms with Gasteiger partial charge < -0.3 is 0 Å². The average Bonchev–Trinajstić information content (AvgIpc) is 2.30. The quantitative estimate of drug-likeness (QED) is 0.721. The van der Waals surface area contributed by atoms with E-state index in [0.29, 0.717) is 11.8 Å². The molecule has 0 atom stereocenters. The lowest BCUT2D eigenvalue weighted by Gasteiger charge is -2.05. The molecule has 0 fully saturated rings. The largest absolute Gasteiger partial charge is 0.298 e. The molecule has 2 aromatic rings. The van der Waals surface area contributed by atoms with Crippen molar-refractivity contribution in [3.05, 3.63) is 53.6 Å². The van der Waals surface area contributed by atoms with Crippen molar-refractivity contribution < 1.29 is 9.18 Å². The number of aldehydes is 1. The Bertz CT molecular complexity index is 520. The zero-order valence-corrected chi connectivity index (χ0v) is 8.77. The topological polar surface area (TPSA) is 30.0 Å². The number of hydrogen-bond donors (Lipinski definition) is 0. The summed E-state index contributed by atoms with van der Waals surface area (Å²) in [6.07, 6.45) is 3.06. The molecule has 1 aromatic heterocycles. The zero-order valence-electron chi connectivity index (χ0n) is 8.77. The molecule has 0 bridgehead atoms. The van der Waals surface area contributed by atoms with E-state index in [9.17, 15) is 9.18 Å². The lowest BCUT2D eigenvalue weighted by Crippen LogP contribution is -1.94. The SMILES string of the molecule is Cc1ccc(-c2cncc(F)c2C=O)cc1. The van der Waals surface area contributed by atoms with Gasteiger partial charge in [-0.1, -0.05) is 29.8 Å². The number of pyridine rings is 1. The van der Waals surface area contributed by atoms with Crippen LogP contribution in [0.3, 0.4) is 0 Å². The minimum absolute atomic E-state index is 0.0545. The third kappa shape index (κ3) is 1.84. The van der Waals surface area contributed by atoms with E-state index in [0.717, 1.165) is 17.3 Å². The second-order valence-corrected chi connectivity index (χ2v) is 3.57. The van der Waals surface area contributed by atoms with Crippen molar-refractivity contribution in [3.8, 4) is 11.1 Å². The van der Waals surface area contributed by atoms with Gasteiger partial charge in [-0.25, -0.2) is 4.39 Å². The molecule has 0 saturated heterocycles. The molecule has 0 amide bonds. The first-order chi connectivity index (χ1) is 7.72. The van der Waals surface area contributed by atoms with Crippen molar-refractivity contribution in [2.24, 2.45) is 0 Å². The third-order valence-electron chi connectivity index (χ3n) is 2.42. The van der Waals surface area contributed by atoms with Gasteiger partial charge in [0, 0.05) is 11.8 Å². The average molecular weight is 215 g/mol. The molecule has 0 unspecified atom stereocenters. The molecular formula is C13H10FNO. The third-order valence-corrected chi connectivity index (χ3v) is 2.42. The number of aryl methyl sites for hydroxylation is 1. The van der Waals surface area contributed by atoms with Crippen molar-refractivity contribution in [3.63, 3.8) is 0 Å². The van der Waals surface area contributed by atoms with Crippen molar-refractivity contribution >= 4 is 6.29 Å². The van der Waals surface area contributed by atoms with Crippen LogP contribution in [-0.2, 0) is 0 Å². The number of benzene rings is 1. The molecule has 0 radical (unpaired) electrons. The van der Waals surface area contributed by atoms with Crippen molar-refractivity contribution in [1.82, 2.24) is 4.98 Å².